The van der Waals surface area contributed by atoms with Gasteiger partial charge in [-0.25, -0.2) is 4.68 Å². The number of aryl methyl sites for hydroxylation is 1. The van der Waals surface area contributed by atoms with Crippen LogP contribution in [0.2, 0.25) is 0 Å². The van der Waals surface area contributed by atoms with Crippen molar-refractivity contribution >= 4 is 11.4 Å². The van der Waals surface area contributed by atoms with Gasteiger partial charge in [-0.15, -0.1) is 0 Å². The Hall–Kier alpha value is -4.44. The fourth-order valence-electron chi connectivity index (χ4n) is 5.70. The molecule has 36 heavy (non-hydrogen) atoms. The van der Waals surface area contributed by atoms with Crippen molar-refractivity contribution in [1.82, 2.24) is 9.78 Å². The van der Waals surface area contributed by atoms with E-state index in [4.69, 9.17) is 10.2 Å². The van der Waals surface area contributed by atoms with Crippen LogP contribution in [0.15, 0.2) is 127 Å². The van der Waals surface area contributed by atoms with Gasteiger partial charge in [-0.1, -0.05) is 91.0 Å². The van der Waals surface area contributed by atoms with E-state index < -0.39 is 0 Å². The number of benzene rings is 4. The third-order valence-corrected chi connectivity index (χ3v) is 7.38. The maximum absolute atomic E-state index is 5.31. The number of anilines is 1. The molecule has 2 atom stereocenters. The Balaban J connectivity index is 1.43. The highest BCUT2D eigenvalue weighted by Gasteiger charge is 2.43. The second-order valence-corrected chi connectivity index (χ2v) is 9.49. The minimum absolute atomic E-state index is 0.0587. The van der Waals surface area contributed by atoms with E-state index in [1.54, 1.807) is 0 Å². The van der Waals surface area contributed by atoms with Gasteiger partial charge in [-0.3, -0.25) is 5.01 Å². The smallest absolute Gasteiger partial charge is 0.0981 e. The Kier molecular flexibility index (Phi) is 5.02. The molecule has 4 aromatic carbocycles. The summed E-state index contributed by atoms with van der Waals surface area (Å²) < 4.78 is 2.02. The average Bonchev–Trinajstić information content (AvgIpc) is 3.57. The Morgan fingerprint density at radius 3 is 2.06 bits per heavy atom. The van der Waals surface area contributed by atoms with Crippen LogP contribution in [0.25, 0.3) is 16.9 Å². The molecule has 0 bridgehead atoms. The fourth-order valence-corrected chi connectivity index (χ4v) is 5.70. The first-order valence-corrected chi connectivity index (χ1v) is 12.6. The molecule has 1 aliphatic carbocycles. The molecule has 2 aliphatic rings. The van der Waals surface area contributed by atoms with Gasteiger partial charge in [0.15, 0.2) is 0 Å². The molecule has 1 aliphatic heterocycles. The highest BCUT2D eigenvalue weighted by atomic mass is 15.5. The second kappa shape index (κ2) is 8.65. The molecule has 2 heterocycles. The van der Waals surface area contributed by atoms with Crippen LogP contribution in [0.5, 0.6) is 0 Å². The summed E-state index contributed by atoms with van der Waals surface area (Å²) in [6, 6.07) is 40.3. The Labute approximate surface area is 211 Å². The van der Waals surface area contributed by atoms with Crippen LogP contribution in [0.4, 0.5) is 5.69 Å². The van der Waals surface area contributed by atoms with Gasteiger partial charge < -0.3 is 0 Å². The van der Waals surface area contributed by atoms with Crippen LogP contribution in [0, 0.1) is 5.92 Å². The second-order valence-electron chi connectivity index (χ2n) is 9.49. The van der Waals surface area contributed by atoms with E-state index in [1.807, 2.05) is 10.7 Å². The quantitative estimate of drug-likeness (QED) is 0.284. The lowest BCUT2D eigenvalue weighted by molar-refractivity contribution is 0.510. The summed E-state index contributed by atoms with van der Waals surface area (Å²) in [5.41, 5.74) is 9.38. The number of rotatable bonds is 4. The molecule has 0 N–H and O–H groups in total. The standard InChI is InChI=1S/C32H26N4/c1-4-13-24(14-5-1)30-29(22-35(33-30)25-15-6-2-7-16-25)32-28-21-20-23-12-10-11-19-27(23)31(28)34-36(32)26-17-8-3-9-18-26/h1-19,22,28,32H,20-21H2/t28-,32+/m0/s1. The van der Waals surface area contributed by atoms with Crippen molar-refractivity contribution in [2.75, 3.05) is 5.01 Å². The molecular weight excluding hydrogens is 440 g/mol. The van der Waals surface area contributed by atoms with Gasteiger partial charge in [-0.2, -0.15) is 10.2 Å². The zero-order valence-electron chi connectivity index (χ0n) is 19.9. The minimum Gasteiger partial charge on any atom is -0.257 e. The first-order chi connectivity index (χ1) is 17.9. The van der Waals surface area contributed by atoms with Gasteiger partial charge in [0.2, 0.25) is 0 Å². The van der Waals surface area contributed by atoms with Gasteiger partial charge in [-0.05, 0) is 42.7 Å². The number of hydrogen-bond donors (Lipinski definition) is 0. The summed E-state index contributed by atoms with van der Waals surface area (Å²) in [6.45, 7) is 0. The lowest BCUT2D eigenvalue weighted by Crippen LogP contribution is -2.29. The maximum Gasteiger partial charge on any atom is 0.0981 e. The van der Waals surface area contributed by atoms with Gasteiger partial charge >= 0.3 is 0 Å². The molecule has 0 spiro atoms. The van der Waals surface area contributed by atoms with E-state index >= 15 is 0 Å². The van der Waals surface area contributed by atoms with E-state index in [-0.39, 0.29) is 12.0 Å². The Morgan fingerprint density at radius 1 is 0.667 bits per heavy atom. The van der Waals surface area contributed by atoms with Crippen LogP contribution >= 0.6 is 0 Å². The molecule has 0 saturated heterocycles. The van der Waals surface area contributed by atoms with Gasteiger partial charge in [0, 0.05) is 28.8 Å². The molecular formula is C32H26N4. The fraction of sp³-hybridized carbons (Fsp3) is 0.125. The molecule has 1 aromatic heterocycles. The van der Waals surface area contributed by atoms with Crippen molar-refractivity contribution < 1.29 is 0 Å². The van der Waals surface area contributed by atoms with E-state index in [2.05, 4.69) is 120 Å². The molecule has 5 aromatic rings. The zero-order chi connectivity index (χ0) is 23.9. The lowest BCUT2D eigenvalue weighted by atomic mass is 9.77. The third-order valence-electron chi connectivity index (χ3n) is 7.38. The van der Waals surface area contributed by atoms with E-state index in [9.17, 15) is 0 Å². The number of aromatic nitrogens is 2. The number of hydrazone groups is 1. The minimum atomic E-state index is 0.0587. The monoisotopic (exact) mass is 466 g/mol. The summed E-state index contributed by atoms with van der Waals surface area (Å²) in [7, 11) is 0. The average molecular weight is 467 g/mol. The van der Waals surface area contributed by atoms with Crippen LogP contribution in [0.3, 0.4) is 0 Å². The summed E-state index contributed by atoms with van der Waals surface area (Å²) in [6.07, 6.45) is 4.35. The van der Waals surface area contributed by atoms with E-state index in [0.29, 0.717) is 0 Å². The molecule has 0 saturated carbocycles. The lowest BCUT2D eigenvalue weighted by Gasteiger charge is -2.30. The molecule has 4 nitrogen and oxygen atoms in total. The van der Waals surface area contributed by atoms with Crippen LogP contribution in [-0.4, -0.2) is 15.5 Å². The third kappa shape index (κ3) is 3.45. The topological polar surface area (TPSA) is 33.4 Å². The van der Waals surface area contributed by atoms with Crippen molar-refractivity contribution in [3.05, 3.63) is 138 Å². The van der Waals surface area contributed by atoms with Crippen molar-refractivity contribution in [1.29, 1.82) is 0 Å². The molecule has 0 fully saturated rings. The summed E-state index contributed by atoms with van der Waals surface area (Å²) in [5.74, 6) is 0.288. The SMILES string of the molecule is c1ccc(-c2nn(-c3ccccc3)cc2[C@H]2[C@H]3CCc4ccccc4C3=NN2c2ccccc2)cc1. The maximum atomic E-state index is 5.31. The highest BCUT2D eigenvalue weighted by Crippen LogP contribution is 2.47. The van der Waals surface area contributed by atoms with Crippen molar-refractivity contribution in [2.24, 2.45) is 11.0 Å². The number of para-hydroxylation sites is 2. The molecule has 0 radical (unpaired) electrons. The first-order valence-electron chi connectivity index (χ1n) is 12.6. The highest BCUT2D eigenvalue weighted by molar-refractivity contribution is 6.07. The predicted molar refractivity (Wildman–Crippen MR) is 145 cm³/mol. The van der Waals surface area contributed by atoms with Crippen molar-refractivity contribution in [3.63, 3.8) is 0 Å². The number of fused-ring (bicyclic) bond motifs is 3. The first kappa shape index (κ1) is 20.9. The Morgan fingerprint density at radius 2 is 1.31 bits per heavy atom. The molecule has 4 heteroatoms. The summed E-state index contributed by atoms with van der Waals surface area (Å²) in [4.78, 5) is 0. The van der Waals surface area contributed by atoms with Crippen LogP contribution in [-0.2, 0) is 6.42 Å². The molecule has 0 amide bonds. The summed E-state index contributed by atoms with van der Waals surface area (Å²) in [5, 5.41) is 12.7. The summed E-state index contributed by atoms with van der Waals surface area (Å²) >= 11 is 0. The van der Waals surface area contributed by atoms with Crippen molar-refractivity contribution in [2.45, 2.75) is 18.9 Å². The molecule has 0 unspecified atom stereocenters. The molecule has 174 valence electrons. The van der Waals surface area contributed by atoms with Gasteiger partial charge in [0.25, 0.3) is 0 Å². The number of nitrogens with zero attached hydrogens (tertiary/aromatic N) is 4. The Bertz CT molecular complexity index is 1540. The molecule has 7 rings (SSSR count). The number of hydrogen-bond acceptors (Lipinski definition) is 3. The van der Waals surface area contributed by atoms with E-state index in [0.717, 1.165) is 35.5 Å². The van der Waals surface area contributed by atoms with E-state index in [1.165, 1.54) is 22.4 Å². The largest absolute Gasteiger partial charge is 0.257 e. The zero-order valence-corrected chi connectivity index (χ0v) is 19.9. The van der Waals surface area contributed by atoms with Crippen LogP contribution < -0.4 is 5.01 Å². The van der Waals surface area contributed by atoms with Gasteiger partial charge in [0.05, 0.1) is 28.8 Å². The van der Waals surface area contributed by atoms with Crippen LogP contribution in [0.1, 0.15) is 29.2 Å². The van der Waals surface area contributed by atoms with Crippen molar-refractivity contribution in [3.8, 4) is 16.9 Å². The predicted octanol–water partition coefficient (Wildman–Crippen LogP) is 7.07. The normalized spacial score (nSPS) is 18.4. The van der Waals surface area contributed by atoms with Gasteiger partial charge in [0.1, 0.15) is 0 Å².